The summed E-state index contributed by atoms with van der Waals surface area (Å²) in [6.07, 6.45) is 0. The monoisotopic (exact) mass is 286 g/mol. The Bertz CT molecular complexity index is 656. The molecule has 0 unspecified atom stereocenters. The Kier molecular flexibility index (Phi) is 4.50. The molecule has 0 saturated carbocycles. The second kappa shape index (κ2) is 6.51. The number of nitro groups is 1. The summed E-state index contributed by atoms with van der Waals surface area (Å²) >= 11 is 0. The van der Waals surface area contributed by atoms with Gasteiger partial charge in [-0.3, -0.25) is 14.9 Å². The van der Waals surface area contributed by atoms with Crippen LogP contribution in [0.2, 0.25) is 0 Å². The Morgan fingerprint density at radius 1 is 1.24 bits per heavy atom. The Labute approximate surface area is 121 Å². The molecule has 0 atom stereocenters. The highest BCUT2D eigenvalue weighted by atomic mass is 16.6. The fourth-order valence-electron chi connectivity index (χ4n) is 1.79. The number of rotatable bonds is 5. The largest absolute Gasteiger partial charge is 0.484 e. The fourth-order valence-corrected chi connectivity index (χ4v) is 1.79. The minimum absolute atomic E-state index is 0.0242. The molecule has 2 rings (SSSR count). The van der Waals surface area contributed by atoms with Gasteiger partial charge in [-0.05, 0) is 31.2 Å². The summed E-state index contributed by atoms with van der Waals surface area (Å²) in [5.74, 6) is 0.124. The van der Waals surface area contributed by atoms with Gasteiger partial charge < -0.3 is 10.1 Å². The quantitative estimate of drug-likeness (QED) is 0.676. The summed E-state index contributed by atoms with van der Waals surface area (Å²) in [4.78, 5) is 21.9. The van der Waals surface area contributed by atoms with Gasteiger partial charge in [0.05, 0.1) is 4.92 Å². The fraction of sp³-hybridized carbons (Fsp3) is 0.133. The molecule has 21 heavy (non-hydrogen) atoms. The van der Waals surface area contributed by atoms with Crippen molar-refractivity contribution in [2.45, 2.75) is 6.92 Å². The first-order valence-electron chi connectivity index (χ1n) is 6.29. The van der Waals surface area contributed by atoms with Crippen molar-refractivity contribution in [1.82, 2.24) is 0 Å². The Morgan fingerprint density at radius 3 is 2.57 bits per heavy atom. The summed E-state index contributed by atoms with van der Waals surface area (Å²) in [6.45, 7) is 1.46. The van der Waals surface area contributed by atoms with Crippen LogP contribution in [0.15, 0.2) is 48.5 Å². The van der Waals surface area contributed by atoms with Gasteiger partial charge in [0.15, 0.2) is 6.61 Å². The number of hydrogen-bond donors (Lipinski definition) is 1. The van der Waals surface area contributed by atoms with Crippen LogP contribution in [-0.4, -0.2) is 17.4 Å². The number of anilines is 1. The van der Waals surface area contributed by atoms with E-state index in [0.717, 1.165) is 0 Å². The van der Waals surface area contributed by atoms with E-state index in [1.54, 1.807) is 19.1 Å². The lowest BCUT2D eigenvalue weighted by Crippen LogP contribution is -2.20. The lowest BCUT2D eigenvalue weighted by Gasteiger charge is -2.08. The SMILES string of the molecule is Cc1cc(OCC(=O)Nc2ccccc2)ccc1[N+](=O)[O-]. The van der Waals surface area contributed by atoms with Gasteiger partial charge in [-0.2, -0.15) is 0 Å². The molecule has 0 aromatic heterocycles. The predicted octanol–water partition coefficient (Wildman–Crippen LogP) is 2.92. The van der Waals surface area contributed by atoms with Gasteiger partial charge in [0.1, 0.15) is 5.75 Å². The summed E-state index contributed by atoms with van der Waals surface area (Å²) in [7, 11) is 0. The standard InChI is InChI=1S/C15H14N2O4/c1-11-9-13(7-8-14(11)17(19)20)21-10-15(18)16-12-5-3-2-4-6-12/h2-9H,10H2,1H3,(H,16,18). The van der Waals surface area contributed by atoms with E-state index in [4.69, 9.17) is 4.74 Å². The average molecular weight is 286 g/mol. The highest BCUT2D eigenvalue weighted by Gasteiger charge is 2.11. The molecular formula is C15H14N2O4. The Morgan fingerprint density at radius 2 is 1.95 bits per heavy atom. The van der Waals surface area contributed by atoms with Crippen LogP contribution < -0.4 is 10.1 Å². The lowest BCUT2D eigenvalue weighted by atomic mass is 10.2. The number of ether oxygens (including phenoxy) is 1. The van der Waals surface area contributed by atoms with Gasteiger partial charge in [0, 0.05) is 17.3 Å². The number of benzene rings is 2. The highest BCUT2D eigenvalue weighted by molar-refractivity contribution is 5.91. The van der Waals surface area contributed by atoms with E-state index in [1.807, 2.05) is 18.2 Å². The van der Waals surface area contributed by atoms with Gasteiger partial charge in [0.2, 0.25) is 0 Å². The molecule has 0 aliphatic rings. The molecule has 6 nitrogen and oxygen atoms in total. The molecule has 0 bridgehead atoms. The zero-order chi connectivity index (χ0) is 15.2. The number of nitro benzene ring substituents is 1. The molecule has 1 amide bonds. The molecule has 0 spiro atoms. The molecule has 6 heteroatoms. The van der Waals surface area contributed by atoms with Gasteiger partial charge in [-0.25, -0.2) is 0 Å². The lowest BCUT2D eigenvalue weighted by molar-refractivity contribution is -0.385. The molecular weight excluding hydrogens is 272 g/mol. The third kappa shape index (κ3) is 4.04. The van der Waals surface area contributed by atoms with Gasteiger partial charge in [0.25, 0.3) is 11.6 Å². The van der Waals surface area contributed by atoms with Crippen molar-refractivity contribution in [3.63, 3.8) is 0 Å². The topological polar surface area (TPSA) is 81.5 Å². The number of carbonyl (C=O) groups excluding carboxylic acids is 1. The number of para-hydroxylation sites is 1. The van der Waals surface area contributed by atoms with Crippen LogP contribution in [0.25, 0.3) is 0 Å². The van der Waals surface area contributed by atoms with E-state index in [1.165, 1.54) is 18.2 Å². The van der Waals surface area contributed by atoms with E-state index in [-0.39, 0.29) is 18.2 Å². The van der Waals surface area contributed by atoms with Crippen molar-refractivity contribution in [3.8, 4) is 5.75 Å². The minimum atomic E-state index is -0.457. The van der Waals surface area contributed by atoms with Crippen LogP contribution in [0.3, 0.4) is 0 Å². The maximum atomic E-state index is 11.7. The number of aryl methyl sites for hydroxylation is 1. The number of amides is 1. The van der Waals surface area contributed by atoms with Gasteiger partial charge >= 0.3 is 0 Å². The first-order valence-corrected chi connectivity index (χ1v) is 6.29. The maximum Gasteiger partial charge on any atom is 0.272 e. The van der Waals surface area contributed by atoms with Crippen LogP contribution in [0.4, 0.5) is 11.4 Å². The molecule has 0 fully saturated rings. The summed E-state index contributed by atoms with van der Waals surface area (Å²) < 4.78 is 5.32. The van der Waals surface area contributed by atoms with Crippen molar-refractivity contribution in [2.75, 3.05) is 11.9 Å². The van der Waals surface area contributed by atoms with Gasteiger partial charge in [-0.1, -0.05) is 18.2 Å². The normalized spacial score (nSPS) is 9.95. The van der Waals surface area contributed by atoms with Crippen LogP contribution in [0, 0.1) is 17.0 Å². The van der Waals surface area contributed by atoms with E-state index in [0.29, 0.717) is 17.0 Å². The minimum Gasteiger partial charge on any atom is -0.484 e. The van der Waals surface area contributed by atoms with Crippen molar-refractivity contribution in [3.05, 3.63) is 64.2 Å². The van der Waals surface area contributed by atoms with Crippen molar-refractivity contribution in [2.24, 2.45) is 0 Å². The zero-order valence-electron chi connectivity index (χ0n) is 11.4. The second-order valence-corrected chi connectivity index (χ2v) is 4.41. The van der Waals surface area contributed by atoms with Crippen molar-refractivity contribution >= 4 is 17.3 Å². The van der Waals surface area contributed by atoms with E-state index in [2.05, 4.69) is 5.32 Å². The summed E-state index contributed by atoms with van der Waals surface area (Å²) in [5.41, 5.74) is 1.20. The molecule has 0 radical (unpaired) electrons. The maximum absolute atomic E-state index is 11.7. The molecule has 108 valence electrons. The number of carbonyl (C=O) groups is 1. The van der Waals surface area contributed by atoms with E-state index in [9.17, 15) is 14.9 Å². The first-order chi connectivity index (χ1) is 10.1. The molecule has 1 N–H and O–H groups in total. The van der Waals surface area contributed by atoms with E-state index >= 15 is 0 Å². The smallest absolute Gasteiger partial charge is 0.272 e. The van der Waals surface area contributed by atoms with Crippen LogP contribution in [-0.2, 0) is 4.79 Å². The number of nitrogens with zero attached hydrogens (tertiary/aromatic N) is 1. The highest BCUT2D eigenvalue weighted by Crippen LogP contribution is 2.22. The third-order valence-electron chi connectivity index (χ3n) is 2.79. The Hall–Kier alpha value is -2.89. The van der Waals surface area contributed by atoms with Crippen molar-refractivity contribution in [1.29, 1.82) is 0 Å². The summed E-state index contributed by atoms with van der Waals surface area (Å²) in [6, 6.07) is 13.4. The van der Waals surface area contributed by atoms with Crippen LogP contribution in [0.1, 0.15) is 5.56 Å². The van der Waals surface area contributed by atoms with Crippen LogP contribution >= 0.6 is 0 Å². The second-order valence-electron chi connectivity index (χ2n) is 4.41. The van der Waals surface area contributed by atoms with Gasteiger partial charge in [-0.15, -0.1) is 0 Å². The summed E-state index contributed by atoms with van der Waals surface area (Å²) in [5, 5.41) is 13.4. The molecule has 2 aromatic carbocycles. The molecule has 0 saturated heterocycles. The zero-order valence-corrected chi connectivity index (χ0v) is 11.4. The predicted molar refractivity (Wildman–Crippen MR) is 78.4 cm³/mol. The molecule has 0 heterocycles. The first kappa shape index (κ1) is 14.5. The van der Waals surface area contributed by atoms with Crippen molar-refractivity contribution < 1.29 is 14.5 Å². The molecule has 2 aromatic rings. The van der Waals surface area contributed by atoms with E-state index < -0.39 is 4.92 Å². The number of hydrogen-bond acceptors (Lipinski definition) is 4. The third-order valence-corrected chi connectivity index (χ3v) is 2.79. The van der Waals surface area contributed by atoms with Crippen LogP contribution in [0.5, 0.6) is 5.75 Å². The Balaban J connectivity index is 1.92. The molecule has 0 aliphatic heterocycles. The average Bonchev–Trinajstić information content (AvgIpc) is 2.46. The molecule has 0 aliphatic carbocycles. The number of nitrogens with one attached hydrogen (secondary N) is 1.